The van der Waals surface area contributed by atoms with Gasteiger partial charge in [0.1, 0.15) is 11.4 Å². The number of imide groups is 1. The summed E-state index contributed by atoms with van der Waals surface area (Å²) in [5, 5.41) is 2.14. The molecule has 2 aromatic rings. The van der Waals surface area contributed by atoms with E-state index in [0.29, 0.717) is 17.0 Å². The van der Waals surface area contributed by atoms with Gasteiger partial charge in [-0.1, -0.05) is 0 Å². The smallest absolute Gasteiger partial charge is 0.355 e. The SMILES string of the molecule is CCOC(=O)c1c(C)[nH]c(C(=O)OCC(=O)NC(=O)c2cccn2C)c1C. The third kappa shape index (κ3) is 4.43. The number of nitrogens with one attached hydrogen (secondary N) is 2. The highest BCUT2D eigenvalue weighted by atomic mass is 16.5. The van der Waals surface area contributed by atoms with Crippen LogP contribution in [0.4, 0.5) is 0 Å². The standard InChI is InChI=1S/C18H21N3O6/c1-5-26-17(24)14-10(2)15(19-11(14)3)18(25)27-9-13(22)20-16(23)12-7-6-8-21(12)4/h6-8,19H,5,9H2,1-4H3,(H,20,22,23). The maximum absolute atomic E-state index is 12.2. The van der Waals surface area contributed by atoms with Crippen LogP contribution >= 0.6 is 0 Å². The third-order valence-electron chi connectivity index (χ3n) is 3.88. The summed E-state index contributed by atoms with van der Waals surface area (Å²) in [6.45, 7) is 4.45. The van der Waals surface area contributed by atoms with Gasteiger partial charge in [-0.2, -0.15) is 0 Å². The Labute approximate surface area is 155 Å². The predicted octanol–water partition coefficient (Wildman–Crippen LogP) is 1.26. The van der Waals surface area contributed by atoms with Gasteiger partial charge < -0.3 is 19.0 Å². The average Bonchev–Trinajstić information content (AvgIpc) is 3.16. The number of rotatable bonds is 6. The van der Waals surface area contributed by atoms with Gasteiger partial charge in [0.25, 0.3) is 11.8 Å². The lowest BCUT2D eigenvalue weighted by Gasteiger charge is -2.06. The Morgan fingerprint density at radius 3 is 2.44 bits per heavy atom. The number of H-pyrrole nitrogens is 1. The topological polar surface area (TPSA) is 119 Å². The second kappa shape index (κ2) is 8.35. The Hall–Kier alpha value is -3.36. The molecule has 9 heteroatoms. The minimum Gasteiger partial charge on any atom is -0.462 e. The number of aryl methyl sites for hydroxylation is 2. The van der Waals surface area contributed by atoms with E-state index < -0.39 is 30.4 Å². The Morgan fingerprint density at radius 2 is 1.85 bits per heavy atom. The lowest BCUT2D eigenvalue weighted by Crippen LogP contribution is -2.35. The van der Waals surface area contributed by atoms with Crippen molar-refractivity contribution in [3.05, 3.63) is 46.5 Å². The number of esters is 2. The molecule has 0 aliphatic heterocycles. The van der Waals surface area contributed by atoms with Gasteiger partial charge in [0, 0.05) is 18.9 Å². The second-order valence-electron chi connectivity index (χ2n) is 5.80. The van der Waals surface area contributed by atoms with E-state index in [4.69, 9.17) is 9.47 Å². The van der Waals surface area contributed by atoms with Crippen LogP contribution in [0.25, 0.3) is 0 Å². The van der Waals surface area contributed by atoms with Crippen LogP contribution in [0.15, 0.2) is 18.3 Å². The quantitative estimate of drug-likeness (QED) is 0.734. The molecule has 2 N–H and O–H groups in total. The van der Waals surface area contributed by atoms with E-state index in [1.807, 2.05) is 0 Å². The lowest BCUT2D eigenvalue weighted by atomic mass is 10.1. The first-order chi connectivity index (χ1) is 12.8. The van der Waals surface area contributed by atoms with Crippen molar-refractivity contribution in [1.82, 2.24) is 14.9 Å². The summed E-state index contributed by atoms with van der Waals surface area (Å²) >= 11 is 0. The van der Waals surface area contributed by atoms with E-state index in [2.05, 4.69) is 10.3 Å². The summed E-state index contributed by atoms with van der Waals surface area (Å²) in [4.78, 5) is 50.7. The molecule has 2 heterocycles. The molecule has 0 saturated carbocycles. The number of hydrogen-bond donors (Lipinski definition) is 2. The Kier molecular flexibility index (Phi) is 6.17. The molecule has 0 radical (unpaired) electrons. The Balaban J connectivity index is 1.98. The predicted molar refractivity (Wildman–Crippen MR) is 94.4 cm³/mol. The number of amides is 2. The molecular weight excluding hydrogens is 354 g/mol. The minimum atomic E-state index is -0.812. The molecule has 0 aromatic carbocycles. The van der Waals surface area contributed by atoms with Gasteiger partial charge in [-0.3, -0.25) is 14.9 Å². The molecule has 2 amide bonds. The van der Waals surface area contributed by atoms with Crippen LogP contribution in [-0.2, 0) is 21.3 Å². The summed E-state index contributed by atoms with van der Waals surface area (Å²) in [7, 11) is 1.66. The molecule has 0 aliphatic rings. The minimum absolute atomic E-state index is 0.0529. The second-order valence-corrected chi connectivity index (χ2v) is 5.80. The summed E-state index contributed by atoms with van der Waals surface area (Å²) < 4.78 is 11.4. The molecule has 0 bridgehead atoms. The van der Waals surface area contributed by atoms with Crippen molar-refractivity contribution in [3.8, 4) is 0 Å². The van der Waals surface area contributed by atoms with Gasteiger partial charge in [0.05, 0.1) is 12.2 Å². The van der Waals surface area contributed by atoms with E-state index in [0.717, 1.165) is 0 Å². The fourth-order valence-electron chi connectivity index (χ4n) is 2.59. The van der Waals surface area contributed by atoms with E-state index in [1.165, 1.54) is 0 Å². The highest BCUT2D eigenvalue weighted by Gasteiger charge is 2.24. The van der Waals surface area contributed by atoms with E-state index in [-0.39, 0.29) is 17.9 Å². The molecular formula is C18H21N3O6. The van der Waals surface area contributed by atoms with Crippen molar-refractivity contribution >= 4 is 23.8 Å². The normalized spacial score (nSPS) is 10.4. The van der Waals surface area contributed by atoms with Gasteiger partial charge in [-0.15, -0.1) is 0 Å². The number of ether oxygens (including phenoxy) is 2. The molecule has 0 saturated heterocycles. The van der Waals surface area contributed by atoms with Crippen molar-refractivity contribution in [2.75, 3.05) is 13.2 Å². The highest BCUT2D eigenvalue weighted by Crippen LogP contribution is 2.19. The largest absolute Gasteiger partial charge is 0.462 e. The molecule has 27 heavy (non-hydrogen) atoms. The van der Waals surface area contributed by atoms with Gasteiger partial charge in [-0.25, -0.2) is 9.59 Å². The maximum atomic E-state index is 12.2. The molecule has 0 unspecified atom stereocenters. The van der Waals surface area contributed by atoms with Crippen LogP contribution in [0.3, 0.4) is 0 Å². The van der Waals surface area contributed by atoms with Crippen molar-refractivity contribution in [2.45, 2.75) is 20.8 Å². The summed E-state index contributed by atoms with van der Waals surface area (Å²) in [5.41, 5.74) is 1.44. The highest BCUT2D eigenvalue weighted by molar-refractivity contribution is 6.05. The fraction of sp³-hybridized carbons (Fsp3) is 0.333. The molecule has 144 valence electrons. The molecule has 0 aliphatic carbocycles. The van der Waals surface area contributed by atoms with E-state index >= 15 is 0 Å². The van der Waals surface area contributed by atoms with Crippen molar-refractivity contribution in [3.63, 3.8) is 0 Å². The fourth-order valence-corrected chi connectivity index (χ4v) is 2.59. The first kappa shape index (κ1) is 20.0. The van der Waals surface area contributed by atoms with Gasteiger partial charge in [0.15, 0.2) is 6.61 Å². The molecule has 2 rings (SSSR count). The van der Waals surface area contributed by atoms with Crippen molar-refractivity contribution in [2.24, 2.45) is 7.05 Å². The van der Waals surface area contributed by atoms with Gasteiger partial charge in [-0.05, 0) is 38.5 Å². The van der Waals surface area contributed by atoms with Crippen LogP contribution in [-0.4, -0.2) is 46.5 Å². The lowest BCUT2D eigenvalue weighted by molar-refractivity contribution is -0.123. The number of carbonyl (C=O) groups excluding carboxylic acids is 4. The van der Waals surface area contributed by atoms with Crippen LogP contribution in [0.1, 0.15) is 49.5 Å². The number of carbonyl (C=O) groups is 4. The molecule has 0 atom stereocenters. The average molecular weight is 375 g/mol. The van der Waals surface area contributed by atoms with Gasteiger partial charge >= 0.3 is 11.9 Å². The van der Waals surface area contributed by atoms with Crippen LogP contribution in [0.2, 0.25) is 0 Å². The summed E-state index contributed by atoms with van der Waals surface area (Å²) in [5.74, 6) is -2.72. The van der Waals surface area contributed by atoms with Gasteiger partial charge in [0.2, 0.25) is 0 Å². The number of aromatic nitrogens is 2. The zero-order valence-electron chi connectivity index (χ0n) is 15.5. The first-order valence-corrected chi connectivity index (χ1v) is 8.25. The van der Waals surface area contributed by atoms with Crippen molar-refractivity contribution < 1.29 is 28.7 Å². The van der Waals surface area contributed by atoms with Crippen molar-refractivity contribution in [1.29, 1.82) is 0 Å². The molecule has 0 fully saturated rings. The summed E-state index contributed by atoms with van der Waals surface area (Å²) in [6.07, 6.45) is 1.66. The van der Waals surface area contributed by atoms with Crippen LogP contribution < -0.4 is 5.32 Å². The number of hydrogen-bond acceptors (Lipinski definition) is 6. The van der Waals surface area contributed by atoms with E-state index in [1.54, 1.807) is 50.7 Å². The Morgan fingerprint density at radius 1 is 1.15 bits per heavy atom. The molecule has 9 nitrogen and oxygen atoms in total. The van der Waals surface area contributed by atoms with Crippen LogP contribution in [0, 0.1) is 13.8 Å². The monoisotopic (exact) mass is 375 g/mol. The summed E-state index contributed by atoms with van der Waals surface area (Å²) in [6, 6.07) is 3.22. The first-order valence-electron chi connectivity index (χ1n) is 8.25. The molecule has 0 spiro atoms. The van der Waals surface area contributed by atoms with Crippen LogP contribution in [0.5, 0.6) is 0 Å². The zero-order valence-corrected chi connectivity index (χ0v) is 15.5. The molecule has 2 aromatic heterocycles. The Bertz CT molecular complexity index is 893. The number of aromatic amines is 1. The third-order valence-corrected chi connectivity index (χ3v) is 3.88. The zero-order chi connectivity index (χ0) is 20.1. The maximum Gasteiger partial charge on any atom is 0.355 e. The number of nitrogens with zero attached hydrogens (tertiary/aromatic N) is 1. The van der Waals surface area contributed by atoms with E-state index in [9.17, 15) is 19.2 Å².